The van der Waals surface area contributed by atoms with Crippen molar-refractivity contribution in [2.75, 3.05) is 7.11 Å². The topological polar surface area (TPSA) is 31.2 Å². The van der Waals surface area contributed by atoms with Crippen molar-refractivity contribution >= 4 is 16.7 Å². The number of esters is 1. The van der Waals surface area contributed by atoms with Crippen LogP contribution in [0.25, 0.3) is 21.9 Å². The number of hydrogen-bond donors (Lipinski definition) is 0. The van der Waals surface area contributed by atoms with Gasteiger partial charge in [-0.15, -0.1) is 0 Å². The number of aromatic nitrogens is 1. The Balaban J connectivity index is 1.84. The molecule has 0 saturated carbocycles. The van der Waals surface area contributed by atoms with Crippen LogP contribution in [-0.4, -0.2) is 17.6 Å². The van der Waals surface area contributed by atoms with Gasteiger partial charge in [-0.1, -0.05) is 58.9 Å². The molecule has 0 saturated heterocycles. The van der Waals surface area contributed by atoms with E-state index in [0.29, 0.717) is 5.69 Å². The smallest absolute Gasteiger partial charge is 0.354 e. The van der Waals surface area contributed by atoms with Gasteiger partial charge in [0.15, 0.2) is 0 Å². The molecule has 1 heterocycles. The monoisotopic (exact) mass is 403 g/mol. The van der Waals surface area contributed by atoms with Crippen molar-refractivity contribution in [1.82, 2.24) is 4.57 Å². The number of methoxy groups -OCH3 is 1. The van der Waals surface area contributed by atoms with Gasteiger partial charge in [0.2, 0.25) is 0 Å². The Labute approximate surface area is 180 Å². The summed E-state index contributed by atoms with van der Waals surface area (Å²) in [4.78, 5) is 12.2. The lowest BCUT2D eigenvalue weighted by Gasteiger charge is -2.42. The number of carbonyl (C=O) groups is 1. The van der Waals surface area contributed by atoms with Crippen LogP contribution in [0.2, 0.25) is 0 Å². The van der Waals surface area contributed by atoms with Crippen LogP contribution in [-0.2, 0) is 22.1 Å². The molecule has 0 spiro atoms. The molecular weight excluding hydrogens is 370 g/mol. The standard InChI is InChI=1S/C27H33NO2/c1-7-12-28-17-21(16-24(28)25(29)30-6)18-8-9-19-14-22-23(15-20(19)13-18)27(4,5)11-10-26(22,2)3/h8-9,13-17H,7,10-12H2,1-6H3. The van der Waals surface area contributed by atoms with Crippen LogP contribution in [0, 0.1) is 0 Å². The average Bonchev–Trinajstić information content (AvgIpc) is 3.14. The summed E-state index contributed by atoms with van der Waals surface area (Å²) in [5.41, 5.74) is 6.17. The van der Waals surface area contributed by atoms with E-state index in [1.807, 2.05) is 10.6 Å². The highest BCUT2D eigenvalue weighted by Gasteiger charge is 2.37. The van der Waals surface area contributed by atoms with Gasteiger partial charge < -0.3 is 9.30 Å². The van der Waals surface area contributed by atoms with E-state index in [1.165, 1.54) is 41.9 Å². The lowest BCUT2D eigenvalue weighted by molar-refractivity contribution is 0.0588. The summed E-state index contributed by atoms with van der Waals surface area (Å²) in [6, 6.07) is 13.4. The molecule has 0 amide bonds. The SMILES string of the molecule is CCCn1cc(-c2ccc3cc4c(cc3c2)C(C)(C)CCC4(C)C)cc1C(=O)OC. The number of rotatable bonds is 4. The maximum atomic E-state index is 12.2. The molecule has 1 aliphatic rings. The quantitative estimate of drug-likeness (QED) is 0.446. The van der Waals surface area contributed by atoms with Gasteiger partial charge in [-0.05, 0) is 69.7 Å². The zero-order valence-electron chi connectivity index (χ0n) is 19.1. The zero-order valence-corrected chi connectivity index (χ0v) is 19.1. The molecule has 1 aliphatic carbocycles. The number of ether oxygens (including phenoxy) is 1. The molecule has 0 radical (unpaired) electrons. The normalized spacial score (nSPS) is 17.0. The highest BCUT2D eigenvalue weighted by atomic mass is 16.5. The zero-order chi connectivity index (χ0) is 21.7. The van der Waals surface area contributed by atoms with Gasteiger partial charge in [0.1, 0.15) is 5.69 Å². The molecule has 158 valence electrons. The Hall–Kier alpha value is -2.55. The van der Waals surface area contributed by atoms with E-state index in [9.17, 15) is 4.79 Å². The van der Waals surface area contributed by atoms with Crippen LogP contribution in [0.5, 0.6) is 0 Å². The van der Waals surface area contributed by atoms with Gasteiger partial charge in [-0.2, -0.15) is 0 Å². The van der Waals surface area contributed by atoms with Crippen molar-refractivity contribution < 1.29 is 9.53 Å². The molecule has 0 atom stereocenters. The van der Waals surface area contributed by atoms with E-state index >= 15 is 0 Å². The molecular formula is C27H33NO2. The lowest BCUT2D eigenvalue weighted by atomic mass is 9.63. The summed E-state index contributed by atoms with van der Waals surface area (Å²) in [5, 5.41) is 2.55. The second-order valence-electron chi connectivity index (χ2n) is 10.0. The molecule has 0 bridgehead atoms. The van der Waals surface area contributed by atoms with Crippen LogP contribution < -0.4 is 0 Å². The fourth-order valence-electron chi connectivity index (χ4n) is 4.86. The molecule has 3 nitrogen and oxygen atoms in total. The molecule has 3 aromatic rings. The maximum Gasteiger partial charge on any atom is 0.354 e. The van der Waals surface area contributed by atoms with Gasteiger partial charge in [-0.25, -0.2) is 4.79 Å². The van der Waals surface area contributed by atoms with Crippen LogP contribution in [0.1, 0.15) is 75.5 Å². The molecule has 30 heavy (non-hydrogen) atoms. The third kappa shape index (κ3) is 3.45. The van der Waals surface area contributed by atoms with Crippen molar-refractivity contribution in [3.63, 3.8) is 0 Å². The van der Waals surface area contributed by atoms with Gasteiger partial charge in [0.05, 0.1) is 7.11 Å². The summed E-state index contributed by atoms with van der Waals surface area (Å²) >= 11 is 0. The Bertz CT molecular complexity index is 1120. The summed E-state index contributed by atoms with van der Waals surface area (Å²) in [5.74, 6) is -0.284. The molecule has 4 rings (SSSR count). The summed E-state index contributed by atoms with van der Waals surface area (Å²) < 4.78 is 6.99. The van der Waals surface area contributed by atoms with Crippen LogP contribution >= 0.6 is 0 Å². The average molecular weight is 404 g/mol. The minimum absolute atomic E-state index is 0.192. The first-order valence-corrected chi connectivity index (χ1v) is 11.0. The van der Waals surface area contributed by atoms with E-state index in [2.05, 4.69) is 71.1 Å². The minimum atomic E-state index is -0.284. The number of benzene rings is 2. The summed E-state index contributed by atoms with van der Waals surface area (Å²) in [7, 11) is 1.44. The summed E-state index contributed by atoms with van der Waals surface area (Å²) in [6.07, 6.45) is 5.47. The minimum Gasteiger partial charge on any atom is -0.464 e. The largest absolute Gasteiger partial charge is 0.464 e. The van der Waals surface area contributed by atoms with Gasteiger partial charge in [0.25, 0.3) is 0 Å². The van der Waals surface area contributed by atoms with Crippen molar-refractivity contribution in [3.05, 3.63) is 59.4 Å². The van der Waals surface area contributed by atoms with Gasteiger partial charge in [0, 0.05) is 18.3 Å². The van der Waals surface area contributed by atoms with Crippen LogP contribution in [0.4, 0.5) is 0 Å². The van der Waals surface area contributed by atoms with Crippen molar-refractivity contribution in [2.45, 2.75) is 71.3 Å². The number of hydrogen-bond acceptors (Lipinski definition) is 2. The molecule has 1 aromatic heterocycles. The Morgan fingerprint density at radius 2 is 1.57 bits per heavy atom. The van der Waals surface area contributed by atoms with E-state index in [-0.39, 0.29) is 16.8 Å². The molecule has 3 heteroatoms. The first-order valence-electron chi connectivity index (χ1n) is 11.0. The van der Waals surface area contributed by atoms with Gasteiger partial charge in [-0.3, -0.25) is 0 Å². The first-order chi connectivity index (χ1) is 14.2. The third-order valence-electron chi connectivity index (χ3n) is 6.90. The maximum absolute atomic E-state index is 12.2. The lowest BCUT2D eigenvalue weighted by Crippen LogP contribution is -2.33. The van der Waals surface area contributed by atoms with Crippen LogP contribution in [0.15, 0.2) is 42.6 Å². The Morgan fingerprint density at radius 1 is 0.933 bits per heavy atom. The number of aryl methyl sites for hydroxylation is 1. The second kappa shape index (κ2) is 7.30. The highest BCUT2D eigenvalue weighted by molar-refractivity contribution is 5.92. The van der Waals surface area contributed by atoms with E-state index in [1.54, 1.807) is 0 Å². The van der Waals surface area contributed by atoms with Gasteiger partial charge >= 0.3 is 5.97 Å². The number of carbonyl (C=O) groups excluding carboxylic acids is 1. The predicted octanol–water partition coefficient (Wildman–Crippen LogP) is 6.85. The van der Waals surface area contributed by atoms with Crippen molar-refractivity contribution in [3.8, 4) is 11.1 Å². The van der Waals surface area contributed by atoms with Crippen molar-refractivity contribution in [1.29, 1.82) is 0 Å². The molecule has 0 fully saturated rings. The summed E-state index contributed by atoms with van der Waals surface area (Å²) in [6.45, 7) is 12.4. The first kappa shape index (κ1) is 20.7. The molecule has 0 N–H and O–H groups in total. The Morgan fingerprint density at radius 3 is 2.17 bits per heavy atom. The third-order valence-corrected chi connectivity index (χ3v) is 6.90. The molecule has 2 aromatic carbocycles. The molecule has 0 aliphatic heterocycles. The van der Waals surface area contributed by atoms with Crippen LogP contribution in [0.3, 0.4) is 0 Å². The van der Waals surface area contributed by atoms with Crippen molar-refractivity contribution in [2.24, 2.45) is 0 Å². The fraction of sp³-hybridized carbons (Fsp3) is 0.444. The predicted molar refractivity (Wildman–Crippen MR) is 124 cm³/mol. The van der Waals surface area contributed by atoms with E-state index in [0.717, 1.165) is 24.1 Å². The van der Waals surface area contributed by atoms with E-state index in [4.69, 9.17) is 4.74 Å². The highest BCUT2D eigenvalue weighted by Crippen LogP contribution is 2.47. The molecule has 0 unspecified atom stereocenters. The Kier molecular flexibility index (Phi) is 5.04. The number of nitrogens with zero attached hydrogens (tertiary/aromatic N) is 1. The fourth-order valence-corrected chi connectivity index (χ4v) is 4.86. The number of fused-ring (bicyclic) bond motifs is 2. The van der Waals surface area contributed by atoms with E-state index < -0.39 is 0 Å². The second-order valence-corrected chi connectivity index (χ2v) is 10.0.